The van der Waals surface area contributed by atoms with Gasteiger partial charge in [-0.05, 0) is 0 Å². The van der Waals surface area contributed by atoms with Crippen LogP contribution in [0.3, 0.4) is 0 Å². The first-order chi connectivity index (χ1) is 8.36. The highest BCUT2D eigenvalue weighted by molar-refractivity contribution is 5.89. The minimum atomic E-state index is -7.25. The Kier molecular flexibility index (Phi) is 4.38. The molecule has 0 spiro atoms. The number of rotatable bonds is 4. The zero-order chi connectivity index (χ0) is 16.8. The first kappa shape index (κ1) is 18.8. The summed E-state index contributed by atoms with van der Waals surface area (Å²) in [5.41, 5.74) is 0. The molecule has 0 aromatic carbocycles. The molecule has 0 saturated heterocycles. The van der Waals surface area contributed by atoms with Crippen molar-refractivity contribution in [3.05, 3.63) is 0 Å². The molecule has 0 unspecified atom stereocenters. The van der Waals surface area contributed by atoms with E-state index in [-0.39, 0.29) is 0 Å². The van der Waals surface area contributed by atoms with Gasteiger partial charge in [0.15, 0.2) is 0 Å². The number of halogens is 12. The molecule has 0 aliphatic heterocycles. The molecule has 0 atom stereocenters. The lowest BCUT2D eigenvalue weighted by Crippen LogP contribution is -2.57. The van der Waals surface area contributed by atoms with Gasteiger partial charge in [-0.3, -0.25) is 4.79 Å². The highest BCUT2D eigenvalue weighted by Gasteiger charge is 2.77. The largest absolute Gasteiger partial charge is 0.462 e. The lowest BCUT2D eigenvalue weighted by Gasteiger charge is -2.30. The Hall–Kier alpha value is -1.21. The number of hydrogen-bond donors (Lipinski definition) is 0. The summed E-state index contributed by atoms with van der Waals surface area (Å²) in [5, 5.41) is 0. The SMILES string of the molecule is O=C(C(F)(F)F)C(F)(F)OC(F)(F)C(F)(F)C(F)(F)F. The zero-order valence-electron chi connectivity index (χ0n) is 8.35. The first-order valence-electron chi connectivity index (χ1n) is 3.88. The van der Waals surface area contributed by atoms with Crippen molar-refractivity contribution in [2.75, 3.05) is 0 Å². The Bertz CT molecular complexity index is 376. The van der Waals surface area contributed by atoms with Crippen LogP contribution in [0.1, 0.15) is 0 Å². The van der Waals surface area contributed by atoms with Crippen LogP contribution in [0.25, 0.3) is 0 Å². The van der Waals surface area contributed by atoms with Gasteiger partial charge in [-0.15, -0.1) is 0 Å². The van der Waals surface area contributed by atoms with E-state index < -0.39 is 36.3 Å². The third-order valence-electron chi connectivity index (χ3n) is 1.50. The summed E-state index contributed by atoms with van der Waals surface area (Å²) in [5.74, 6) is -11.6. The van der Waals surface area contributed by atoms with Gasteiger partial charge in [0.05, 0.1) is 0 Å². The van der Waals surface area contributed by atoms with Gasteiger partial charge < -0.3 is 0 Å². The van der Waals surface area contributed by atoms with Gasteiger partial charge in [0.25, 0.3) is 0 Å². The van der Waals surface area contributed by atoms with Crippen molar-refractivity contribution in [3.8, 4) is 0 Å². The van der Waals surface area contributed by atoms with Gasteiger partial charge in [-0.25, -0.2) is 4.74 Å². The number of carbonyl (C=O) groups is 1. The van der Waals surface area contributed by atoms with Crippen molar-refractivity contribution in [1.82, 2.24) is 0 Å². The number of ketones is 1. The number of ether oxygens (including phenoxy) is 1. The standard InChI is InChI=1S/C6F12O2/c7-2(8,9)1(19)3(10,11)20-6(17,18)4(12,13)5(14,15)16. The van der Waals surface area contributed by atoms with Crippen molar-refractivity contribution in [2.24, 2.45) is 0 Å². The van der Waals surface area contributed by atoms with Crippen LogP contribution in [0.4, 0.5) is 52.7 Å². The summed E-state index contributed by atoms with van der Waals surface area (Å²) >= 11 is 0. The van der Waals surface area contributed by atoms with E-state index in [0.717, 1.165) is 0 Å². The van der Waals surface area contributed by atoms with Crippen LogP contribution in [0.15, 0.2) is 0 Å². The van der Waals surface area contributed by atoms with E-state index in [2.05, 4.69) is 0 Å². The normalized spacial score (nSPS) is 15.4. The van der Waals surface area contributed by atoms with Crippen molar-refractivity contribution >= 4 is 5.78 Å². The summed E-state index contributed by atoms with van der Waals surface area (Å²) in [7, 11) is 0. The number of alkyl halides is 12. The van der Waals surface area contributed by atoms with Gasteiger partial charge >= 0.3 is 36.3 Å². The fourth-order valence-corrected chi connectivity index (χ4v) is 0.601. The van der Waals surface area contributed by atoms with Crippen molar-refractivity contribution in [2.45, 2.75) is 30.5 Å². The smallest absolute Gasteiger partial charge is 0.280 e. The fraction of sp³-hybridized carbons (Fsp3) is 0.833. The monoisotopic (exact) mass is 332 g/mol. The average molecular weight is 332 g/mol. The lowest BCUT2D eigenvalue weighted by atomic mass is 10.3. The molecule has 120 valence electrons. The maximum absolute atomic E-state index is 12.3. The molecule has 0 bridgehead atoms. The Morgan fingerprint density at radius 3 is 1.30 bits per heavy atom. The summed E-state index contributed by atoms with van der Waals surface area (Å²) in [6, 6.07) is 0. The summed E-state index contributed by atoms with van der Waals surface area (Å²) in [4.78, 5) is 9.88. The Labute approximate surface area is 99.8 Å². The third kappa shape index (κ3) is 3.46. The Morgan fingerprint density at radius 2 is 1.05 bits per heavy atom. The van der Waals surface area contributed by atoms with E-state index in [1.54, 1.807) is 0 Å². The summed E-state index contributed by atoms with van der Waals surface area (Å²) in [6.45, 7) is 0. The van der Waals surface area contributed by atoms with E-state index in [4.69, 9.17) is 0 Å². The second kappa shape index (κ2) is 4.66. The molecule has 0 aliphatic carbocycles. The van der Waals surface area contributed by atoms with E-state index in [1.165, 1.54) is 4.74 Å². The second-order valence-corrected chi connectivity index (χ2v) is 3.03. The molecule has 0 rings (SSSR count). The third-order valence-corrected chi connectivity index (χ3v) is 1.50. The predicted molar refractivity (Wildman–Crippen MR) is 33.0 cm³/mol. The molecule has 0 N–H and O–H groups in total. The number of Topliss-reactive ketones (excluding diaryl/α,β-unsaturated/α-hetero) is 1. The second-order valence-electron chi connectivity index (χ2n) is 3.03. The van der Waals surface area contributed by atoms with Crippen molar-refractivity contribution in [3.63, 3.8) is 0 Å². The predicted octanol–water partition coefficient (Wildman–Crippen LogP) is 3.52. The molecule has 0 amide bonds. The average Bonchev–Trinajstić information content (AvgIpc) is 2.11. The van der Waals surface area contributed by atoms with E-state index in [1.807, 2.05) is 0 Å². The molecule has 20 heavy (non-hydrogen) atoms. The van der Waals surface area contributed by atoms with Crippen LogP contribution in [0, 0.1) is 0 Å². The van der Waals surface area contributed by atoms with Gasteiger partial charge in [-0.1, -0.05) is 0 Å². The van der Waals surface area contributed by atoms with Crippen molar-refractivity contribution in [1.29, 1.82) is 0 Å². The highest BCUT2D eigenvalue weighted by Crippen LogP contribution is 2.49. The molecule has 0 saturated carbocycles. The molecule has 0 aromatic rings. The number of carbonyl (C=O) groups excluding carboxylic acids is 1. The summed E-state index contributed by atoms with van der Waals surface area (Å²) in [6.07, 6.45) is -27.4. The minimum Gasteiger partial charge on any atom is -0.280 e. The quantitative estimate of drug-likeness (QED) is 0.737. The molecular weight excluding hydrogens is 332 g/mol. The topological polar surface area (TPSA) is 26.3 Å². The zero-order valence-corrected chi connectivity index (χ0v) is 8.35. The molecule has 2 nitrogen and oxygen atoms in total. The highest BCUT2D eigenvalue weighted by atomic mass is 19.4. The fourth-order valence-electron chi connectivity index (χ4n) is 0.601. The van der Waals surface area contributed by atoms with Gasteiger partial charge in [0.1, 0.15) is 0 Å². The maximum Gasteiger partial charge on any atom is 0.462 e. The van der Waals surface area contributed by atoms with Crippen LogP contribution < -0.4 is 0 Å². The van der Waals surface area contributed by atoms with Gasteiger partial charge in [0.2, 0.25) is 0 Å². The van der Waals surface area contributed by atoms with Gasteiger partial charge in [-0.2, -0.15) is 52.7 Å². The lowest BCUT2D eigenvalue weighted by molar-refractivity contribution is -0.464. The first-order valence-corrected chi connectivity index (χ1v) is 3.88. The molecule has 0 aromatic heterocycles. The molecule has 14 heteroatoms. The van der Waals surface area contributed by atoms with Gasteiger partial charge in [0, 0.05) is 0 Å². The maximum atomic E-state index is 12.3. The Morgan fingerprint density at radius 1 is 0.700 bits per heavy atom. The molecule has 0 heterocycles. The van der Waals surface area contributed by atoms with E-state index in [0.29, 0.717) is 0 Å². The molecule has 0 fully saturated rings. The molecule has 0 radical (unpaired) electrons. The number of hydrogen-bond acceptors (Lipinski definition) is 2. The van der Waals surface area contributed by atoms with Crippen LogP contribution in [-0.4, -0.2) is 36.3 Å². The van der Waals surface area contributed by atoms with Crippen LogP contribution in [-0.2, 0) is 9.53 Å². The molecule has 0 aliphatic rings. The van der Waals surface area contributed by atoms with Crippen LogP contribution in [0.2, 0.25) is 0 Å². The van der Waals surface area contributed by atoms with E-state index in [9.17, 15) is 57.5 Å². The van der Waals surface area contributed by atoms with Crippen LogP contribution >= 0.6 is 0 Å². The van der Waals surface area contributed by atoms with Crippen LogP contribution in [0.5, 0.6) is 0 Å². The Balaban J connectivity index is 5.45. The van der Waals surface area contributed by atoms with Crippen molar-refractivity contribution < 1.29 is 62.2 Å². The van der Waals surface area contributed by atoms with E-state index >= 15 is 0 Å². The minimum absolute atomic E-state index is 1.50. The molecular formula is C6F12O2. The summed E-state index contributed by atoms with van der Waals surface area (Å²) < 4.78 is 144.